The van der Waals surface area contributed by atoms with Crippen molar-refractivity contribution in [2.24, 2.45) is 5.84 Å². The van der Waals surface area contributed by atoms with Crippen LogP contribution in [0, 0.1) is 0 Å². The number of thiophene rings is 1. The number of anilines is 2. The average molecular weight is 293 g/mol. The standard InChI is InChI=1S/C14H23N5S/c1-3-4-5-6-7-10(2)16-13-12-11(8-9-20-12)17-14(18-13)19-15/h8-10H,3-7,15H2,1-2H3,(H2,16,17,18,19). The van der Waals surface area contributed by atoms with E-state index in [-0.39, 0.29) is 0 Å². The summed E-state index contributed by atoms with van der Waals surface area (Å²) < 4.78 is 1.09. The van der Waals surface area contributed by atoms with Gasteiger partial charge in [0.1, 0.15) is 5.82 Å². The predicted molar refractivity (Wildman–Crippen MR) is 87.1 cm³/mol. The first-order valence-electron chi connectivity index (χ1n) is 7.23. The molecule has 6 heteroatoms. The van der Waals surface area contributed by atoms with Gasteiger partial charge in [0.25, 0.3) is 0 Å². The van der Waals surface area contributed by atoms with Crippen molar-refractivity contribution < 1.29 is 0 Å². The lowest BCUT2D eigenvalue weighted by Gasteiger charge is -2.15. The van der Waals surface area contributed by atoms with Crippen LogP contribution in [0.1, 0.15) is 46.0 Å². The third-order valence-electron chi connectivity index (χ3n) is 3.31. The zero-order chi connectivity index (χ0) is 14.4. The minimum Gasteiger partial charge on any atom is -0.366 e. The van der Waals surface area contributed by atoms with Crippen LogP contribution in [0.2, 0.25) is 0 Å². The number of rotatable bonds is 8. The van der Waals surface area contributed by atoms with Crippen molar-refractivity contribution >= 4 is 33.3 Å². The molecule has 0 radical (unpaired) electrons. The molecule has 0 saturated heterocycles. The molecule has 0 spiro atoms. The molecule has 0 saturated carbocycles. The second kappa shape index (κ2) is 7.40. The van der Waals surface area contributed by atoms with Gasteiger partial charge in [0.15, 0.2) is 0 Å². The molecule has 2 rings (SSSR count). The van der Waals surface area contributed by atoms with Crippen LogP contribution in [-0.4, -0.2) is 16.0 Å². The first-order chi connectivity index (χ1) is 9.74. The summed E-state index contributed by atoms with van der Waals surface area (Å²) in [6, 6.07) is 2.39. The normalized spacial score (nSPS) is 12.6. The van der Waals surface area contributed by atoms with Crippen LogP contribution < -0.4 is 16.6 Å². The molecule has 0 amide bonds. The number of nitrogens with one attached hydrogen (secondary N) is 2. The Bertz CT molecular complexity index is 539. The van der Waals surface area contributed by atoms with Gasteiger partial charge in [-0.1, -0.05) is 32.6 Å². The van der Waals surface area contributed by atoms with Crippen molar-refractivity contribution in [2.45, 2.75) is 52.0 Å². The third kappa shape index (κ3) is 3.80. The van der Waals surface area contributed by atoms with Gasteiger partial charge in [0, 0.05) is 6.04 Å². The van der Waals surface area contributed by atoms with Gasteiger partial charge in [0.2, 0.25) is 5.95 Å². The maximum atomic E-state index is 5.42. The molecule has 4 N–H and O–H groups in total. The largest absolute Gasteiger partial charge is 0.366 e. The fourth-order valence-electron chi connectivity index (χ4n) is 2.21. The number of hydrazine groups is 1. The van der Waals surface area contributed by atoms with Crippen LogP contribution in [-0.2, 0) is 0 Å². The Hall–Kier alpha value is -1.40. The van der Waals surface area contributed by atoms with E-state index < -0.39 is 0 Å². The summed E-state index contributed by atoms with van der Waals surface area (Å²) in [5, 5.41) is 5.51. The van der Waals surface area contributed by atoms with E-state index >= 15 is 0 Å². The monoisotopic (exact) mass is 293 g/mol. The van der Waals surface area contributed by atoms with E-state index in [0.717, 1.165) is 22.5 Å². The average Bonchev–Trinajstić information content (AvgIpc) is 2.92. The van der Waals surface area contributed by atoms with Crippen LogP contribution in [0.4, 0.5) is 11.8 Å². The topological polar surface area (TPSA) is 75.9 Å². The summed E-state index contributed by atoms with van der Waals surface area (Å²) >= 11 is 1.65. The second-order valence-corrected chi connectivity index (χ2v) is 5.99. The Morgan fingerprint density at radius 1 is 1.30 bits per heavy atom. The van der Waals surface area contributed by atoms with Crippen molar-refractivity contribution in [2.75, 3.05) is 10.7 Å². The maximum absolute atomic E-state index is 5.42. The molecular formula is C14H23N5S. The van der Waals surface area contributed by atoms with E-state index in [9.17, 15) is 0 Å². The molecular weight excluding hydrogens is 270 g/mol. The Morgan fingerprint density at radius 2 is 2.15 bits per heavy atom. The Kier molecular flexibility index (Phi) is 5.55. The number of nitrogens with zero attached hydrogens (tertiary/aromatic N) is 2. The molecule has 5 nitrogen and oxygen atoms in total. The van der Waals surface area contributed by atoms with E-state index in [4.69, 9.17) is 5.84 Å². The van der Waals surface area contributed by atoms with E-state index in [2.05, 4.69) is 34.6 Å². The Balaban J connectivity index is 2.02. The van der Waals surface area contributed by atoms with Crippen LogP contribution >= 0.6 is 11.3 Å². The molecule has 2 aromatic rings. The van der Waals surface area contributed by atoms with E-state index in [1.807, 2.05) is 11.4 Å². The van der Waals surface area contributed by atoms with Crippen LogP contribution in [0.25, 0.3) is 10.2 Å². The minimum atomic E-state index is 0.401. The number of nitrogens with two attached hydrogens (primary N) is 1. The summed E-state index contributed by atoms with van der Waals surface area (Å²) in [4.78, 5) is 8.76. The SMILES string of the molecule is CCCCCCC(C)Nc1nc(NN)nc2ccsc12. The van der Waals surface area contributed by atoms with Crippen molar-refractivity contribution in [3.8, 4) is 0 Å². The van der Waals surface area contributed by atoms with E-state index in [1.54, 1.807) is 11.3 Å². The molecule has 20 heavy (non-hydrogen) atoms. The maximum Gasteiger partial charge on any atom is 0.239 e. The molecule has 1 unspecified atom stereocenters. The number of fused-ring (bicyclic) bond motifs is 1. The lowest BCUT2D eigenvalue weighted by molar-refractivity contribution is 0.593. The van der Waals surface area contributed by atoms with Gasteiger partial charge in [-0.05, 0) is 24.8 Å². The van der Waals surface area contributed by atoms with Crippen molar-refractivity contribution in [3.63, 3.8) is 0 Å². The zero-order valence-electron chi connectivity index (χ0n) is 12.1. The van der Waals surface area contributed by atoms with Gasteiger partial charge in [-0.3, -0.25) is 5.43 Å². The minimum absolute atomic E-state index is 0.401. The first kappa shape index (κ1) is 15.0. The van der Waals surface area contributed by atoms with Crippen LogP contribution in [0.3, 0.4) is 0 Å². The molecule has 0 aliphatic carbocycles. The Labute approximate surface area is 124 Å². The summed E-state index contributed by atoms with van der Waals surface area (Å²) in [6.45, 7) is 4.43. The smallest absolute Gasteiger partial charge is 0.239 e. The van der Waals surface area contributed by atoms with Crippen LogP contribution in [0.5, 0.6) is 0 Å². The molecule has 0 aliphatic rings. The van der Waals surface area contributed by atoms with Gasteiger partial charge in [-0.25, -0.2) is 10.8 Å². The van der Waals surface area contributed by atoms with Crippen molar-refractivity contribution in [3.05, 3.63) is 11.4 Å². The van der Waals surface area contributed by atoms with Gasteiger partial charge in [-0.2, -0.15) is 4.98 Å². The fourth-order valence-corrected chi connectivity index (χ4v) is 2.99. The number of aromatic nitrogens is 2. The summed E-state index contributed by atoms with van der Waals surface area (Å²) in [7, 11) is 0. The highest BCUT2D eigenvalue weighted by Crippen LogP contribution is 2.27. The molecule has 0 aliphatic heterocycles. The molecule has 2 aromatic heterocycles. The first-order valence-corrected chi connectivity index (χ1v) is 8.11. The zero-order valence-corrected chi connectivity index (χ0v) is 13.0. The second-order valence-electron chi connectivity index (χ2n) is 5.07. The lowest BCUT2D eigenvalue weighted by atomic mass is 10.1. The van der Waals surface area contributed by atoms with Crippen molar-refractivity contribution in [1.82, 2.24) is 9.97 Å². The number of hydrogen-bond acceptors (Lipinski definition) is 6. The summed E-state index contributed by atoms with van der Waals surface area (Å²) in [6.07, 6.45) is 6.30. The third-order valence-corrected chi connectivity index (χ3v) is 4.22. The lowest BCUT2D eigenvalue weighted by Crippen LogP contribution is -2.18. The fraction of sp³-hybridized carbons (Fsp3) is 0.571. The van der Waals surface area contributed by atoms with E-state index in [1.165, 1.54) is 25.7 Å². The molecule has 0 bridgehead atoms. The predicted octanol–water partition coefficient (Wildman–Crippen LogP) is 3.75. The number of hydrogen-bond donors (Lipinski definition) is 3. The number of nitrogen functional groups attached to an aromatic ring is 1. The van der Waals surface area contributed by atoms with E-state index in [0.29, 0.717) is 12.0 Å². The summed E-state index contributed by atoms with van der Waals surface area (Å²) in [5.41, 5.74) is 3.45. The highest BCUT2D eigenvalue weighted by atomic mass is 32.1. The summed E-state index contributed by atoms with van der Waals surface area (Å²) in [5.74, 6) is 6.75. The molecule has 1 atom stereocenters. The highest BCUT2D eigenvalue weighted by molar-refractivity contribution is 7.17. The molecule has 0 aromatic carbocycles. The van der Waals surface area contributed by atoms with Gasteiger partial charge in [0.05, 0.1) is 10.2 Å². The van der Waals surface area contributed by atoms with Crippen LogP contribution in [0.15, 0.2) is 11.4 Å². The molecule has 2 heterocycles. The van der Waals surface area contributed by atoms with Gasteiger partial charge >= 0.3 is 0 Å². The number of unbranched alkanes of at least 4 members (excludes halogenated alkanes) is 3. The molecule has 110 valence electrons. The van der Waals surface area contributed by atoms with Crippen molar-refractivity contribution in [1.29, 1.82) is 0 Å². The quantitative estimate of drug-likeness (QED) is 0.392. The highest BCUT2D eigenvalue weighted by Gasteiger charge is 2.11. The van der Waals surface area contributed by atoms with Gasteiger partial charge in [-0.15, -0.1) is 11.3 Å². The molecule has 0 fully saturated rings. The Morgan fingerprint density at radius 3 is 2.90 bits per heavy atom. The van der Waals surface area contributed by atoms with Gasteiger partial charge < -0.3 is 5.32 Å².